The fourth-order valence-corrected chi connectivity index (χ4v) is 3.04. The highest BCUT2D eigenvalue weighted by Gasteiger charge is 2.21. The molecule has 2 rings (SSSR count). The van der Waals surface area contributed by atoms with Crippen molar-refractivity contribution in [3.63, 3.8) is 0 Å². The number of urea groups is 1. The van der Waals surface area contributed by atoms with Crippen molar-refractivity contribution in [3.8, 4) is 5.75 Å². The number of benzene rings is 1. The van der Waals surface area contributed by atoms with E-state index in [4.69, 9.17) is 4.74 Å². The van der Waals surface area contributed by atoms with Crippen LogP contribution in [-0.2, 0) is 4.79 Å². The van der Waals surface area contributed by atoms with Crippen molar-refractivity contribution in [2.24, 2.45) is 0 Å². The van der Waals surface area contributed by atoms with Gasteiger partial charge in [0.05, 0.1) is 6.54 Å². The van der Waals surface area contributed by atoms with Crippen molar-refractivity contribution >= 4 is 11.9 Å². The second kappa shape index (κ2) is 8.04. The number of hydrogen-bond donors (Lipinski definition) is 1. The third-order valence-corrected chi connectivity index (χ3v) is 4.24. The lowest BCUT2D eigenvalue weighted by Crippen LogP contribution is -2.53. The van der Waals surface area contributed by atoms with E-state index >= 15 is 0 Å². The van der Waals surface area contributed by atoms with Gasteiger partial charge in [0, 0.05) is 33.1 Å². The van der Waals surface area contributed by atoms with E-state index in [0.717, 1.165) is 16.9 Å². The second-order valence-corrected chi connectivity index (χ2v) is 6.30. The molecule has 1 aromatic carbocycles. The van der Waals surface area contributed by atoms with E-state index in [9.17, 15) is 9.59 Å². The van der Waals surface area contributed by atoms with Crippen molar-refractivity contribution < 1.29 is 14.3 Å². The van der Waals surface area contributed by atoms with Crippen molar-refractivity contribution in [2.75, 3.05) is 39.3 Å². The molecule has 1 saturated heterocycles. The SMILES string of the molecule is CC(=O)N1CCN(C(=O)NCCOc2c(C)cc(C)cc2C)CC1. The topological polar surface area (TPSA) is 61.9 Å². The molecular formula is C18H27N3O3. The fourth-order valence-electron chi connectivity index (χ4n) is 3.04. The predicted molar refractivity (Wildman–Crippen MR) is 93.4 cm³/mol. The monoisotopic (exact) mass is 333 g/mol. The van der Waals surface area contributed by atoms with Crippen molar-refractivity contribution in [1.82, 2.24) is 15.1 Å². The number of rotatable bonds is 4. The smallest absolute Gasteiger partial charge is 0.317 e. The number of hydrogen-bond acceptors (Lipinski definition) is 3. The summed E-state index contributed by atoms with van der Waals surface area (Å²) in [6, 6.07) is 4.09. The van der Waals surface area contributed by atoms with Gasteiger partial charge in [-0.2, -0.15) is 0 Å². The molecular weight excluding hydrogens is 306 g/mol. The summed E-state index contributed by atoms with van der Waals surface area (Å²) in [6.07, 6.45) is 0. The van der Waals surface area contributed by atoms with E-state index in [0.29, 0.717) is 39.3 Å². The molecule has 132 valence electrons. The average Bonchev–Trinajstić information content (AvgIpc) is 2.53. The van der Waals surface area contributed by atoms with Crippen molar-refractivity contribution in [1.29, 1.82) is 0 Å². The van der Waals surface area contributed by atoms with E-state index in [1.807, 2.05) is 13.8 Å². The number of carbonyl (C=O) groups is 2. The molecule has 0 aromatic heterocycles. The lowest BCUT2D eigenvalue weighted by molar-refractivity contribution is -0.130. The minimum atomic E-state index is -0.0980. The molecule has 6 heteroatoms. The van der Waals surface area contributed by atoms with Crippen LogP contribution in [0, 0.1) is 20.8 Å². The summed E-state index contributed by atoms with van der Waals surface area (Å²) in [4.78, 5) is 26.9. The Kier molecular flexibility index (Phi) is 6.06. The number of nitrogens with one attached hydrogen (secondary N) is 1. The van der Waals surface area contributed by atoms with Crippen LogP contribution < -0.4 is 10.1 Å². The summed E-state index contributed by atoms with van der Waals surface area (Å²) in [5, 5.41) is 2.88. The zero-order valence-corrected chi connectivity index (χ0v) is 15.0. The van der Waals surface area contributed by atoms with Gasteiger partial charge in [0.2, 0.25) is 5.91 Å². The number of piperazine rings is 1. The molecule has 6 nitrogen and oxygen atoms in total. The molecule has 1 heterocycles. The minimum absolute atomic E-state index is 0.0623. The maximum Gasteiger partial charge on any atom is 0.317 e. The van der Waals surface area contributed by atoms with Gasteiger partial charge in [-0.3, -0.25) is 4.79 Å². The third-order valence-electron chi connectivity index (χ3n) is 4.24. The Hall–Kier alpha value is -2.24. The summed E-state index contributed by atoms with van der Waals surface area (Å²) in [5.41, 5.74) is 3.44. The van der Waals surface area contributed by atoms with Gasteiger partial charge in [-0.05, 0) is 31.9 Å². The van der Waals surface area contributed by atoms with E-state index in [1.54, 1.807) is 16.7 Å². The number of aryl methyl sites for hydroxylation is 3. The highest BCUT2D eigenvalue weighted by molar-refractivity contribution is 5.76. The van der Waals surface area contributed by atoms with Gasteiger partial charge in [-0.25, -0.2) is 4.79 Å². The van der Waals surface area contributed by atoms with Crippen LogP contribution in [0.5, 0.6) is 5.75 Å². The molecule has 1 aromatic rings. The summed E-state index contributed by atoms with van der Waals surface area (Å²) >= 11 is 0. The molecule has 0 aliphatic carbocycles. The molecule has 1 aliphatic heterocycles. The molecule has 24 heavy (non-hydrogen) atoms. The van der Waals surface area contributed by atoms with Crippen molar-refractivity contribution in [2.45, 2.75) is 27.7 Å². The van der Waals surface area contributed by atoms with E-state index in [2.05, 4.69) is 24.4 Å². The Balaban J connectivity index is 1.73. The molecule has 0 bridgehead atoms. The maximum absolute atomic E-state index is 12.1. The van der Waals surface area contributed by atoms with Crippen LogP contribution in [0.1, 0.15) is 23.6 Å². The molecule has 0 atom stereocenters. The lowest BCUT2D eigenvalue weighted by atomic mass is 10.1. The van der Waals surface area contributed by atoms with Crippen LogP contribution in [-0.4, -0.2) is 61.1 Å². The van der Waals surface area contributed by atoms with Gasteiger partial charge in [-0.1, -0.05) is 17.7 Å². The van der Waals surface area contributed by atoms with Crippen LogP contribution in [0.3, 0.4) is 0 Å². The zero-order valence-electron chi connectivity index (χ0n) is 15.0. The predicted octanol–water partition coefficient (Wildman–Crippen LogP) is 1.86. The average molecular weight is 333 g/mol. The number of amides is 3. The molecule has 1 aliphatic rings. The third kappa shape index (κ3) is 4.63. The van der Waals surface area contributed by atoms with Gasteiger partial charge in [0.25, 0.3) is 0 Å². The second-order valence-electron chi connectivity index (χ2n) is 6.30. The summed E-state index contributed by atoms with van der Waals surface area (Å²) in [7, 11) is 0. The quantitative estimate of drug-likeness (QED) is 0.856. The zero-order chi connectivity index (χ0) is 17.7. The first kappa shape index (κ1) is 18.1. The first-order chi connectivity index (χ1) is 11.4. The van der Waals surface area contributed by atoms with Gasteiger partial charge in [0.1, 0.15) is 12.4 Å². The Morgan fingerprint density at radius 3 is 2.12 bits per heavy atom. The summed E-state index contributed by atoms with van der Waals surface area (Å²) in [5.74, 6) is 0.956. The van der Waals surface area contributed by atoms with Gasteiger partial charge in [0.15, 0.2) is 0 Å². The van der Waals surface area contributed by atoms with E-state index < -0.39 is 0 Å². The Morgan fingerprint density at radius 2 is 1.58 bits per heavy atom. The van der Waals surface area contributed by atoms with Crippen LogP contribution >= 0.6 is 0 Å². The van der Waals surface area contributed by atoms with Crippen LogP contribution in [0.2, 0.25) is 0 Å². The Morgan fingerprint density at radius 1 is 1.04 bits per heavy atom. The molecule has 3 amide bonds. The molecule has 0 unspecified atom stereocenters. The van der Waals surface area contributed by atoms with Crippen molar-refractivity contribution in [3.05, 3.63) is 28.8 Å². The Labute approximate surface area is 143 Å². The number of nitrogens with zero attached hydrogens (tertiary/aromatic N) is 2. The summed E-state index contributed by atoms with van der Waals surface area (Å²) in [6.45, 7) is 10.9. The molecule has 0 radical (unpaired) electrons. The molecule has 1 N–H and O–H groups in total. The minimum Gasteiger partial charge on any atom is -0.491 e. The standard InChI is InChI=1S/C18H27N3O3/c1-13-11-14(2)17(15(3)12-13)24-10-5-19-18(23)21-8-6-20(7-9-21)16(4)22/h11-12H,5-10H2,1-4H3,(H,19,23). The maximum atomic E-state index is 12.1. The molecule has 0 saturated carbocycles. The van der Waals surface area contributed by atoms with Crippen LogP contribution in [0.4, 0.5) is 4.79 Å². The normalized spacial score (nSPS) is 14.5. The first-order valence-corrected chi connectivity index (χ1v) is 8.37. The van der Waals surface area contributed by atoms with Crippen LogP contribution in [0.15, 0.2) is 12.1 Å². The Bertz CT molecular complexity index is 585. The van der Waals surface area contributed by atoms with Gasteiger partial charge < -0.3 is 19.9 Å². The summed E-state index contributed by atoms with van der Waals surface area (Å²) < 4.78 is 5.82. The highest BCUT2D eigenvalue weighted by atomic mass is 16.5. The van der Waals surface area contributed by atoms with Gasteiger partial charge >= 0.3 is 6.03 Å². The van der Waals surface area contributed by atoms with E-state index in [1.165, 1.54) is 5.56 Å². The molecule has 0 spiro atoms. The highest BCUT2D eigenvalue weighted by Crippen LogP contribution is 2.24. The first-order valence-electron chi connectivity index (χ1n) is 8.37. The van der Waals surface area contributed by atoms with Crippen LogP contribution in [0.25, 0.3) is 0 Å². The fraction of sp³-hybridized carbons (Fsp3) is 0.556. The van der Waals surface area contributed by atoms with E-state index in [-0.39, 0.29) is 11.9 Å². The number of carbonyl (C=O) groups excluding carboxylic acids is 2. The lowest BCUT2D eigenvalue weighted by Gasteiger charge is -2.34. The largest absolute Gasteiger partial charge is 0.491 e. The number of ether oxygens (including phenoxy) is 1. The van der Waals surface area contributed by atoms with Gasteiger partial charge in [-0.15, -0.1) is 0 Å². The molecule has 1 fully saturated rings.